The minimum Gasteiger partial charge on any atom is -0.493 e. The molecule has 1 saturated carbocycles. The molecule has 37 heavy (non-hydrogen) atoms. The van der Waals surface area contributed by atoms with E-state index in [1.165, 1.54) is 12.1 Å². The summed E-state index contributed by atoms with van der Waals surface area (Å²) >= 11 is 5.88. The number of hydrogen-bond donors (Lipinski definition) is 1. The molecule has 1 amide bonds. The molecular formula is C27H32ClF4N3O2. The van der Waals surface area contributed by atoms with Gasteiger partial charge in [0.15, 0.2) is 0 Å². The molecule has 5 nitrogen and oxygen atoms in total. The minimum absolute atomic E-state index is 0.0150. The van der Waals surface area contributed by atoms with E-state index in [9.17, 15) is 22.4 Å². The Labute approximate surface area is 219 Å². The van der Waals surface area contributed by atoms with Crippen LogP contribution in [0.15, 0.2) is 24.3 Å². The van der Waals surface area contributed by atoms with Crippen molar-refractivity contribution in [3.63, 3.8) is 0 Å². The number of nitrogens with zero attached hydrogens (tertiary/aromatic N) is 2. The van der Waals surface area contributed by atoms with Crippen molar-refractivity contribution in [1.82, 2.24) is 15.2 Å². The zero-order valence-electron chi connectivity index (χ0n) is 21.2. The van der Waals surface area contributed by atoms with Crippen LogP contribution in [-0.2, 0) is 12.7 Å². The number of likely N-dealkylation sites (tertiary alicyclic amines) is 1. The second-order valence-electron chi connectivity index (χ2n) is 11.0. The van der Waals surface area contributed by atoms with Crippen molar-refractivity contribution in [1.29, 1.82) is 0 Å². The first-order valence-corrected chi connectivity index (χ1v) is 12.9. The van der Waals surface area contributed by atoms with Crippen LogP contribution < -0.4 is 10.1 Å². The molecule has 2 aromatic rings. The van der Waals surface area contributed by atoms with Gasteiger partial charge in [-0.2, -0.15) is 13.2 Å². The van der Waals surface area contributed by atoms with Crippen molar-refractivity contribution in [3.05, 3.63) is 57.6 Å². The normalized spacial score (nSPS) is 17.6. The second kappa shape index (κ2) is 10.8. The Hall–Kier alpha value is -2.39. The lowest BCUT2D eigenvalue weighted by atomic mass is 9.97. The summed E-state index contributed by atoms with van der Waals surface area (Å²) in [6.07, 6.45) is -1.00. The number of nitrogens with one attached hydrogen (secondary N) is 1. The highest BCUT2D eigenvalue weighted by molar-refractivity contribution is 6.30. The summed E-state index contributed by atoms with van der Waals surface area (Å²) in [7, 11) is 0. The van der Waals surface area contributed by atoms with Crippen LogP contribution >= 0.6 is 11.6 Å². The Kier molecular flexibility index (Phi) is 8.04. The predicted molar refractivity (Wildman–Crippen MR) is 133 cm³/mol. The zero-order chi connectivity index (χ0) is 27.0. The number of rotatable bonds is 7. The second-order valence-corrected chi connectivity index (χ2v) is 11.5. The average molecular weight is 542 g/mol. The number of ether oxygens (including phenoxy) is 1. The molecule has 1 aliphatic heterocycles. The molecule has 0 unspecified atom stereocenters. The van der Waals surface area contributed by atoms with Crippen LogP contribution in [0.3, 0.4) is 0 Å². The summed E-state index contributed by atoms with van der Waals surface area (Å²) in [5.74, 6) is -0.0677. The molecule has 4 rings (SSSR count). The van der Waals surface area contributed by atoms with Gasteiger partial charge in [-0.1, -0.05) is 11.6 Å². The summed E-state index contributed by atoms with van der Waals surface area (Å²) in [6, 6.07) is 5.24. The standard InChI is InChI=1S/C27H32ClF4N3O2/c1-26(2,3)34-25(36)21-12-20(17-4-5-17)23(13-22(21)29)37-15-16-6-8-35(9-7-16)14-19-10-18(28)11-24(33-19)27(30,31)32/h10-13,16-17H,4-9,14-15H2,1-3H3,(H,34,36). The van der Waals surface area contributed by atoms with Gasteiger partial charge in [0.25, 0.3) is 5.91 Å². The summed E-state index contributed by atoms with van der Waals surface area (Å²) < 4.78 is 60.1. The maximum atomic E-state index is 14.9. The van der Waals surface area contributed by atoms with E-state index in [2.05, 4.69) is 10.3 Å². The van der Waals surface area contributed by atoms with Gasteiger partial charge in [-0.15, -0.1) is 0 Å². The lowest BCUT2D eigenvalue weighted by Crippen LogP contribution is -2.41. The fourth-order valence-electron chi connectivity index (χ4n) is 4.52. The van der Waals surface area contributed by atoms with Crippen LogP contribution in [0.2, 0.25) is 5.02 Å². The van der Waals surface area contributed by atoms with Crippen molar-refractivity contribution in [3.8, 4) is 5.75 Å². The first kappa shape index (κ1) is 27.6. The molecule has 1 aromatic heterocycles. The molecule has 0 radical (unpaired) electrons. The smallest absolute Gasteiger partial charge is 0.433 e. The first-order valence-electron chi connectivity index (χ1n) is 12.5. The average Bonchev–Trinajstić information content (AvgIpc) is 3.62. The first-order chi connectivity index (χ1) is 17.3. The molecule has 0 atom stereocenters. The molecule has 10 heteroatoms. The van der Waals surface area contributed by atoms with Crippen LogP contribution in [0.1, 0.15) is 79.7 Å². The zero-order valence-corrected chi connectivity index (χ0v) is 22.0. The summed E-state index contributed by atoms with van der Waals surface area (Å²) in [5, 5.41) is 2.82. The van der Waals surface area contributed by atoms with Crippen molar-refractivity contribution in [2.45, 2.75) is 70.6 Å². The molecule has 202 valence electrons. The minimum atomic E-state index is -4.54. The quantitative estimate of drug-likeness (QED) is 0.402. The number of pyridine rings is 1. The van der Waals surface area contributed by atoms with Gasteiger partial charge < -0.3 is 10.1 Å². The van der Waals surface area contributed by atoms with Crippen LogP contribution in [0.4, 0.5) is 17.6 Å². The number of alkyl halides is 3. The Morgan fingerprint density at radius 3 is 2.38 bits per heavy atom. The number of amides is 1. The molecule has 2 heterocycles. The number of piperidine rings is 1. The van der Waals surface area contributed by atoms with Crippen LogP contribution in [0.5, 0.6) is 5.75 Å². The molecule has 0 bridgehead atoms. The third-order valence-corrected chi connectivity index (χ3v) is 6.77. The molecule has 1 aliphatic carbocycles. The highest BCUT2D eigenvalue weighted by Gasteiger charge is 2.34. The molecule has 1 saturated heterocycles. The van der Waals surface area contributed by atoms with Crippen molar-refractivity contribution >= 4 is 17.5 Å². The largest absolute Gasteiger partial charge is 0.493 e. The van der Waals surface area contributed by atoms with Gasteiger partial charge in [0.2, 0.25) is 0 Å². The van der Waals surface area contributed by atoms with Gasteiger partial charge >= 0.3 is 6.18 Å². The third-order valence-electron chi connectivity index (χ3n) is 6.55. The lowest BCUT2D eigenvalue weighted by Gasteiger charge is -2.32. The number of carbonyl (C=O) groups excluding carboxylic acids is 1. The van der Waals surface area contributed by atoms with Crippen molar-refractivity contribution < 1.29 is 27.1 Å². The number of carbonyl (C=O) groups is 1. The van der Waals surface area contributed by atoms with Gasteiger partial charge in [-0.05, 0) is 95.1 Å². The Morgan fingerprint density at radius 1 is 1.11 bits per heavy atom. The van der Waals surface area contributed by atoms with E-state index in [0.717, 1.165) is 37.3 Å². The van der Waals surface area contributed by atoms with Crippen LogP contribution in [-0.4, -0.2) is 41.0 Å². The molecule has 0 spiro atoms. The van der Waals surface area contributed by atoms with Gasteiger partial charge in [0.05, 0.1) is 17.9 Å². The third kappa shape index (κ3) is 7.57. The number of halogens is 5. The predicted octanol–water partition coefficient (Wildman–Crippen LogP) is 6.59. The Bertz CT molecular complexity index is 1140. The molecule has 2 fully saturated rings. The summed E-state index contributed by atoms with van der Waals surface area (Å²) in [6.45, 7) is 7.59. The van der Waals surface area contributed by atoms with Crippen LogP contribution in [0, 0.1) is 11.7 Å². The summed E-state index contributed by atoms with van der Waals surface area (Å²) in [5.41, 5.74) is -0.281. The Balaban J connectivity index is 1.34. The number of hydrogen-bond acceptors (Lipinski definition) is 4. The van der Waals surface area contributed by atoms with E-state index in [0.29, 0.717) is 25.4 Å². The molecule has 2 aliphatic rings. The van der Waals surface area contributed by atoms with Gasteiger partial charge in [0, 0.05) is 23.2 Å². The van der Waals surface area contributed by atoms with E-state index in [1.54, 1.807) is 6.07 Å². The Morgan fingerprint density at radius 2 is 1.78 bits per heavy atom. The molecule has 1 aromatic carbocycles. The fourth-order valence-corrected chi connectivity index (χ4v) is 4.75. The van der Waals surface area contributed by atoms with Gasteiger partial charge in [-0.3, -0.25) is 9.69 Å². The monoisotopic (exact) mass is 541 g/mol. The van der Waals surface area contributed by atoms with E-state index in [1.807, 2.05) is 25.7 Å². The van der Waals surface area contributed by atoms with E-state index >= 15 is 0 Å². The van der Waals surface area contributed by atoms with Crippen LogP contribution in [0.25, 0.3) is 0 Å². The van der Waals surface area contributed by atoms with E-state index < -0.39 is 29.1 Å². The van der Waals surface area contributed by atoms with Gasteiger partial charge in [-0.25, -0.2) is 9.37 Å². The maximum Gasteiger partial charge on any atom is 0.433 e. The molecular weight excluding hydrogens is 510 g/mol. The summed E-state index contributed by atoms with van der Waals surface area (Å²) in [4.78, 5) is 18.4. The van der Waals surface area contributed by atoms with Crippen molar-refractivity contribution in [2.75, 3.05) is 19.7 Å². The highest BCUT2D eigenvalue weighted by atomic mass is 35.5. The SMILES string of the molecule is CC(C)(C)NC(=O)c1cc(C2CC2)c(OCC2CCN(Cc3cc(Cl)cc(C(F)(F)F)n3)CC2)cc1F. The lowest BCUT2D eigenvalue weighted by molar-refractivity contribution is -0.141. The number of aromatic nitrogens is 1. The van der Waals surface area contributed by atoms with E-state index in [-0.39, 0.29) is 34.7 Å². The topological polar surface area (TPSA) is 54.5 Å². The highest BCUT2D eigenvalue weighted by Crippen LogP contribution is 2.45. The number of benzene rings is 1. The molecule has 1 N–H and O–H groups in total. The maximum absolute atomic E-state index is 14.9. The fraction of sp³-hybridized carbons (Fsp3) is 0.556. The van der Waals surface area contributed by atoms with Gasteiger partial charge in [0.1, 0.15) is 17.3 Å². The van der Waals surface area contributed by atoms with Crippen molar-refractivity contribution in [2.24, 2.45) is 5.92 Å². The van der Waals surface area contributed by atoms with E-state index in [4.69, 9.17) is 16.3 Å².